The molecule has 1 N–H and O–H groups in total. The van der Waals surface area contributed by atoms with Gasteiger partial charge in [0.1, 0.15) is 0 Å². The Morgan fingerprint density at radius 1 is 1.03 bits per heavy atom. The van der Waals surface area contributed by atoms with E-state index in [1.807, 2.05) is 24.7 Å². The minimum Gasteiger partial charge on any atom is -0.296 e. The highest BCUT2D eigenvalue weighted by Gasteiger charge is 2.39. The van der Waals surface area contributed by atoms with Gasteiger partial charge in [0.05, 0.1) is 17.4 Å². The minimum atomic E-state index is -0.382. The number of carbonyl (C=O) groups excluding carboxylic acids is 2. The number of amides is 3. The number of urea groups is 1. The number of likely N-dealkylation sites (tertiary alicyclic amines) is 1. The van der Waals surface area contributed by atoms with E-state index in [0.29, 0.717) is 25.0 Å². The monoisotopic (exact) mass is 445 g/mol. The van der Waals surface area contributed by atoms with E-state index >= 15 is 0 Å². The number of nitrogens with zero attached hydrogens (tertiary/aromatic N) is 6. The fourth-order valence-corrected chi connectivity index (χ4v) is 5.54. The first kappa shape index (κ1) is 20.3. The van der Waals surface area contributed by atoms with Crippen molar-refractivity contribution in [1.29, 1.82) is 0 Å². The lowest BCUT2D eigenvalue weighted by Crippen LogP contribution is -2.52. The van der Waals surface area contributed by atoms with Gasteiger partial charge in [0, 0.05) is 69.8 Å². The van der Waals surface area contributed by atoms with Gasteiger partial charge in [-0.25, -0.2) is 9.31 Å². The van der Waals surface area contributed by atoms with Gasteiger partial charge in [-0.3, -0.25) is 29.8 Å². The molecule has 0 spiro atoms. The first-order valence-electron chi connectivity index (χ1n) is 11.6. The number of piperazine rings is 1. The topological polar surface area (TPSA) is 86.1 Å². The van der Waals surface area contributed by atoms with Gasteiger partial charge in [-0.2, -0.15) is 5.10 Å². The molecule has 3 aliphatic heterocycles. The zero-order valence-corrected chi connectivity index (χ0v) is 18.4. The molecule has 3 amide bonds. The fourth-order valence-electron chi connectivity index (χ4n) is 5.54. The molecule has 0 aromatic carbocycles. The highest BCUT2D eigenvalue weighted by atomic mass is 16.2. The van der Waals surface area contributed by atoms with Gasteiger partial charge in [0.25, 0.3) is 0 Å². The van der Waals surface area contributed by atoms with E-state index in [9.17, 15) is 9.59 Å². The molecule has 33 heavy (non-hydrogen) atoms. The SMILES string of the molecule is O=C1CCN(c2cnn3ccc(CN4C[C@H]5CC[C@@H](C4)N5Cc4cccnc4)cc23)C(=O)N1. The van der Waals surface area contributed by atoms with E-state index in [4.69, 9.17) is 0 Å². The van der Waals surface area contributed by atoms with E-state index in [1.165, 1.54) is 24.0 Å². The summed E-state index contributed by atoms with van der Waals surface area (Å²) in [7, 11) is 0. The Bertz CT molecular complexity index is 1180. The van der Waals surface area contributed by atoms with Gasteiger partial charge in [-0.15, -0.1) is 0 Å². The first-order valence-corrected chi connectivity index (χ1v) is 11.6. The average Bonchev–Trinajstić information content (AvgIpc) is 3.31. The number of pyridine rings is 2. The quantitative estimate of drug-likeness (QED) is 0.647. The van der Waals surface area contributed by atoms with Gasteiger partial charge in [-0.05, 0) is 42.2 Å². The zero-order chi connectivity index (χ0) is 22.4. The number of hydrogen-bond acceptors (Lipinski definition) is 6. The van der Waals surface area contributed by atoms with E-state index in [1.54, 1.807) is 15.6 Å². The summed E-state index contributed by atoms with van der Waals surface area (Å²) in [6.45, 7) is 4.34. The number of anilines is 1. The molecule has 3 aromatic rings. The zero-order valence-electron chi connectivity index (χ0n) is 18.4. The molecule has 170 valence electrons. The molecule has 3 saturated heterocycles. The Morgan fingerprint density at radius 3 is 2.64 bits per heavy atom. The van der Waals surface area contributed by atoms with Crippen molar-refractivity contribution in [3.63, 3.8) is 0 Å². The summed E-state index contributed by atoms with van der Waals surface area (Å²) in [5, 5.41) is 6.80. The average molecular weight is 446 g/mol. The van der Waals surface area contributed by atoms with Crippen molar-refractivity contribution in [2.75, 3.05) is 24.5 Å². The Labute approximate surface area is 192 Å². The van der Waals surface area contributed by atoms with Gasteiger partial charge < -0.3 is 0 Å². The van der Waals surface area contributed by atoms with Crippen molar-refractivity contribution in [1.82, 2.24) is 29.7 Å². The van der Waals surface area contributed by atoms with Gasteiger partial charge >= 0.3 is 6.03 Å². The Balaban J connectivity index is 1.17. The van der Waals surface area contributed by atoms with Crippen molar-refractivity contribution in [2.45, 2.75) is 44.4 Å². The smallest absolute Gasteiger partial charge is 0.296 e. The van der Waals surface area contributed by atoms with Crippen molar-refractivity contribution in [2.24, 2.45) is 0 Å². The molecule has 3 aromatic heterocycles. The first-order chi connectivity index (χ1) is 16.1. The van der Waals surface area contributed by atoms with Crippen LogP contribution in [-0.2, 0) is 17.9 Å². The van der Waals surface area contributed by atoms with Crippen LogP contribution in [0.1, 0.15) is 30.4 Å². The van der Waals surface area contributed by atoms with Gasteiger partial charge in [-0.1, -0.05) is 6.07 Å². The van der Waals surface area contributed by atoms with Crippen LogP contribution >= 0.6 is 0 Å². The summed E-state index contributed by atoms with van der Waals surface area (Å²) in [5.74, 6) is -0.231. The molecule has 2 atom stereocenters. The molecule has 9 heteroatoms. The number of carbonyl (C=O) groups is 2. The summed E-state index contributed by atoms with van der Waals surface area (Å²) in [6.07, 6.45) is 10.3. The molecule has 3 fully saturated rings. The standard InChI is InChI=1S/C24H27N7O2/c32-23-6-8-29(24(33)27-23)22-12-26-31-9-5-17(10-21(22)31)13-28-15-19-3-4-20(16-28)30(19)14-18-2-1-7-25-11-18/h1-2,5,7,9-12,19-20H,3-4,6,8,13-16H2,(H,27,32,33)/t19-,20+. The summed E-state index contributed by atoms with van der Waals surface area (Å²) in [5.41, 5.74) is 4.11. The van der Waals surface area contributed by atoms with Crippen molar-refractivity contribution in [3.8, 4) is 0 Å². The lowest BCUT2D eigenvalue weighted by atomic mass is 10.1. The van der Waals surface area contributed by atoms with E-state index in [2.05, 4.69) is 43.4 Å². The van der Waals surface area contributed by atoms with E-state index in [-0.39, 0.29) is 11.9 Å². The number of hydrogen-bond donors (Lipinski definition) is 1. The highest BCUT2D eigenvalue weighted by Crippen LogP contribution is 2.32. The number of nitrogens with one attached hydrogen (secondary N) is 1. The lowest BCUT2D eigenvalue weighted by molar-refractivity contribution is -0.120. The number of fused-ring (bicyclic) bond motifs is 3. The van der Waals surface area contributed by atoms with Crippen LogP contribution in [0.2, 0.25) is 0 Å². The second-order valence-electron chi connectivity index (χ2n) is 9.26. The third kappa shape index (κ3) is 3.87. The van der Waals surface area contributed by atoms with Crippen LogP contribution in [-0.4, -0.2) is 68.1 Å². The third-order valence-electron chi connectivity index (χ3n) is 7.11. The van der Waals surface area contributed by atoms with Crippen molar-refractivity contribution in [3.05, 3.63) is 60.2 Å². The maximum Gasteiger partial charge on any atom is 0.328 e. The Morgan fingerprint density at radius 2 is 1.88 bits per heavy atom. The highest BCUT2D eigenvalue weighted by molar-refractivity contribution is 6.07. The molecule has 0 unspecified atom stereocenters. The molecule has 2 bridgehead atoms. The molecule has 6 heterocycles. The van der Waals surface area contributed by atoms with Crippen LogP contribution in [0.4, 0.5) is 10.5 Å². The van der Waals surface area contributed by atoms with Crippen molar-refractivity contribution >= 4 is 23.1 Å². The van der Waals surface area contributed by atoms with Crippen LogP contribution in [0.5, 0.6) is 0 Å². The molecule has 6 rings (SSSR count). The van der Waals surface area contributed by atoms with Gasteiger partial charge in [0.15, 0.2) is 0 Å². The number of aromatic nitrogens is 3. The van der Waals surface area contributed by atoms with Crippen LogP contribution in [0, 0.1) is 0 Å². The molecule has 0 radical (unpaired) electrons. The van der Waals surface area contributed by atoms with E-state index in [0.717, 1.165) is 37.4 Å². The predicted octanol–water partition coefficient (Wildman–Crippen LogP) is 2.02. The third-order valence-corrected chi connectivity index (χ3v) is 7.11. The minimum absolute atomic E-state index is 0.231. The largest absolute Gasteiger partial charge is 0.328 e. The second kappa shape index (κ2) is 8.24. The fraction of sp³-hybridized carbons (Fsp3) is 0.417. The van der Waals surface area contributed by atoms with Crippen LogP contribution in [0.25, 0.3) is 5.52 Å². The molecule has 3 aliphatic rings. The molecule has 0 aliphatic carbocycles. The summed E-state index contributed by atoms with van der Waals surface area (Å²) in [6, 6.07) is 9.17. The number of imide groups is 1. The van der Waals surface area contributed by atoms with Crippen LogP contribution in [0.15, 0.2) is 49.1 Å². The molecular formula is C24H27N7O2. The van der Waals surface area contributed by atoms with Crippen molar-refractivity contribution < 1.29 is 9.59 Å². The maximum atomic E-state index is 12.3. The molecule has 0 saturated carbocycles. The second-order valence-corrected chi connectivity index (χ2v) is 9.26. The Hall–Kier alpha value is -3.30. The summed E-state index contributed by atoms with van der Waals surface area (Å²) < 4.78 is 1.79. The predicted molar refractivity (Wildman–Crippen MR) is 123 cm³/mol. The molecule has 9 nitrogen and oxygen atoms in total. The maximum absolute atomic E-state index is 12.3. The Kier molecular flexibility index (Phi) is 5.07. The summed E-state index contributed by atoms with van der Waals surface area (Å²) >= 11 is 0. The van der Waals surface area contributed by atoms with E-state index < -0.39 is 0 Å². The number of rotatable bonds is 5. The van der Waals surface area contributed by atoms with Crippen LogP contribution < -0.4 is 10.2 Å². The summed E-state index contributed by atoms with van der Waals surface area (Å²) in [4.78, 5) is 34.9. The molecular weight excluding hydrogens is 418 g/mol. The van der Waals surface area contributed by atoms with Crippen LogP contribution in [0.3, 0.4) is 0 Å². The normalized spacial score (nSPS) is 23.9. The lowest BCUT2D eigenvalue weighted by Gasteiger charge is -2.41. The van der Waals surface area contributed by atoms with Gasteiger partial charge in [0.2, 0.25) is 5.91 Å².